The zero-order valence-corrected chi connectivity index (χ0v) is 16.7. The summed E-state index contributed by atoms with van der Waals surface area (Å²) < 4.78 is 3.21. The minimum Gasteiger partial charge on any atom is -0.859 e. The van der Waals surface area contributed by atoms with Gasteiger partial charge in [-0.15, -0.1) is 0 Å². The van der Waals surface area contributed by atoms with Crippen LogP contribution in [0.15, 0.2) is 64.4 Å². The number of rotatable bonds is 5. The fourth-order valence-electron chi connectivity index (χ4n) is 3.16. The second kappa shape index (κ2) is 7.75. The van der Waals surface area contributed by atoms with E-state index in [1.54, 1.807) is 54.9 Å². The molecule has 0 aliphatic heterocycles. The third-order valence-corrected chi connectivity index (χ3v) is 4.87. The summed E-state index contributed by atoms with van der Waals surface area (Å²) in [6.45, 7) is 0. The van der Waals surface area contributed by atoms with E-state index in [1.165, 1.54) is 18.7 Å². The normalized spacial score (nSPS) is 11.9. The monoisotopic (exact) mass is 394 g/mol. The van der Waals surface area contributed by atoms with Crippen molar-refractivity contribution >= 4 is 11.5 Å². The van der Waals surface area contributed by atoms with Crippen LogP contribution in [0.3, 0.4) is 0 Å². The molecule has 150 valence electrons. The van der Waals surface area contributed by atoms with Gasteiger partial charge in [0.05, 0.1) is 0 Å². The van der Waals surface area contributed by atoms with E-state index < -0.39 is 29.0 Å². The lowest BCUT2D eigenvalue weighted by Gasteiger charge is -2.21. The second-order valence-corrected chi connectivity index (χ2v) is 6.96. The maximum Gasteiger partial charge on any atom is 0.329 e. The van der Waals surface area contributed by atoms with Crippen molar-refractivity contribution in [2.24, 2.45) is 14.1 Å². The lowest BCUT2D eigenvalue weighted by atomic mass is 9.98. The fourth-order valence-corrected chi connectivity index (χ4v) is 3.16. The SMILES string of the molecule is CN(C)c1cc[n+](C(C(=O)c2ccccc2)c2c([O-])n(C)c(=O)n(C)c2=O)cc1. The minimum absolute atomic E-state index is 0.272. The Kier molecular flexibility index (Phi) is 5.36. The molecule has 0 fully saturated rings. The third kappa shape index (κ3) is 3.56. The molecule has 0 bridgehead atoms. The first kappa shape index (κ1) is 20.1. The molecule has 8 heteroatoms. The first-order valence-corrected chi connectivity index (χ1v) is 8.98. The highest BCUT2D eigenvalue weighted by Gasteiger charge is 2.35. The Morgan fingerprint density at radius 2 is 1.59 bits per heavy atom. The minimum atomic E-state index is -1.20. The van der Waals surface area contributed by atoms with Gasteiger partial charge in [-0.25, -0.2) is 4.79 Å². The predicted molar refractivity (Wildman–Crippen MR) is 106 cm³/mol. The molecule has 0 radical (unpaired) electrons. The zero-order chi connectivity index (χ0) is 21.3. The molecular formula is C21H22N4O4. The Balaban J connectivity index is 2.29. The maximum absolute atomic E-state index is 13.4. The number of hydrogen-bond acceptors (Lipinski definition) is 5. The predicted octanol–water partition coefficient (Wildman–Crippen LogP) is -0.0166. The summed E-state index contributed by atoms with van der Waals surface area (Å²) in [6.07, 6.45) is 3.29. The molecule has 0 amide bonds. The molecule has 3 rings (SSSR count). The van der Waals surface area contributed by atoms with Crippen molar-refractivity contribution in [1.29, 1.82) is 0 Å². The van der Waals surface area contributed by atoms with Crippen molar-refractivity contribution in [2.45, 2.75) is 6.04 Å². The smallest absolute Gasteiger partial charge is 0.329 e. The highest BCUT2D eigenvalue weighted by molar-refractivity contribution is 5.99. The molecule has 1 unspecified atom stereocenters. The van der Waals surface area contributed by atoms with Crippen LogP contribution in [-0.2, 0) is 14.1 Å². The summed E-state index contributed by atoms with van der Waals surface area (Å²) in [5.74, 6) is -1.20. The van der Waals surface area contributed by atoms with Crippen LogP contribution in [-0.4, -0.2) is 29.0 Å². The Bertz CT molecular complexity index is 1160. The van der Waals surface area contributed by atoms with Gasteiger partial charge in [0.2, 0.25) is 5.78 Å². The lowest BCUT2D eigenvalue weighted by Crippen LogP contribution is -2.50. The van der Waals surface area contributed by atoms with Gasteiger partial charge in [0, 0.05) is 51.6 Å². The zero-order valence-electron chi connectivity index (χ0n) is 16.7. The van der Waals surface area contributed by atoms with Gasteiger partial charge in [0.1, 0.15) is 5.56 Å². The molecule has 0 aliphatic rings. The average Bonchev–Trinajstić information content (AvgIpc) is 2.74. The standard InChI is InChI=1S/C21H22N4O4/c1-22(2)15-10-12-25(13-11-15)17(18(26)14-8-6-5-7-9-14)16-19(27)23(3)21(29)24(4)20(16)28/h5-13,17H,1-4H3. The number of carbonyl (C=O) groups excluding carboxylic acids is 1. The van der Waals surface area contributed by atoms with Crippen LogP contribution in [0.4, 0.5) is 5.69 Å². The number of ketones is 1. The number of aromatic nitrogens is 3. The third-order valence-electron chi connectivity index (χ3n) is 4.87. The van der Waals surface area contributed by atoms with Crippen molar-refractivity contribution in [1.82, 2.24) is 9.13 Å². The highest BCUT2D eigenvalue weighted by Crippen LogP contribution is 2.21. The molecule has 2 heterocycles. The maximum atomic E-state index is 13.4. The number of benzene rings is 1. The number of hydrogen-bond donors (Lipinski definition) is 0. The van der Waals surface area contributed by atoms with E-state index in [1.807, 2.05) is 19.0 Å². The van der Waals surface area contributed by atoms with Gasteiger partial charge >= 0.3 is 5.69 Å². The summed E-state index contributed by atoms with van der Waals surface area (Å²) in [5, 5.41) is 12.9. The van der Waals surface area contributed by atoms with Gasteiger partial charge in [-0.05, 0) is 5.88 Å². The topological polar surface area (TPSA) is 91.2 Å². The molecule has 0 saturated heterocycles. The van der Waals surface area contributed by atoms with E-state index in [4.69, 9.17) is 0 Å². The van der Waals surface area contributed by atoms with Crippen molar-refractivity contribution in [3.63, 3.8) is 0 Å². The molecule has 1 aromatic carbocycles. The van der Waals surface area contributed by atoms with Gasteiger partial charge in [-0.3, -0.25) is 14.2 Å². The summed E-state index contributed by atoms with van der Waals surface area (Å²) in [7, 11) is 6.34. The molecule has 0 saturated carbocycles. The molecule has 2 aromatic heterocycles. The van der Waals surface area contributed by atoms with E-state index in [-0.39, 0.29) is 5.56 Å². The average molecular weight is 394 g/mol. The lowest BCUT2D eigenvalue weighted by molar-refractivity contribution is -0.699. The van der Waals surface area contributed by atoms with E-state index in [0.29, 0.717) is 5.56 Å². The number of nitrogens with zero attached hydrogens (tertiary/aromatic N) is 4. The molecule has 0 aliphatic carbocycles. The first-order valence-electron chi connectivity index (χ1n) is 8.98. The van der Waals surface area contributed by atoms with Gasteiger partial charge in [-0.1, -0.05) is 30.3 Å². The Morgan fingerprint density at radius 3 is 2.14 bits per heavy atom. The molecular weight excluding hydrogens is 372 g/mol. The molecule has 3 aromatic rings. The highest BCUT2D eigenvalue weighted by atomic mass is 16.3. The summed E-state index contributed by atoms with van der Waals surface area (Å²) in [5.41, 5.74) is -0.537. The molecule has 29 heavy (non-hydrogen) atoms. The van der Waals surface area contributed by atoms with Crippen LogP contribution in [0.2, 0.25) is 0 Å². The quantitative estimate of drug-likeness (QED) is 0.448. The van der Waals surface area contributed by atoms with Crippen molar-refractivity contribution in [3.05, 3.63) is 86.8 Å². The molecule has 1 atom stereocenters. The number of anilines is 1. The van der Waals surface area contributed by atoms with Crippen LogP contribution in [0.5, 0.6) is 5.88 Å². The largest absolute Gasteiger partial charge is 0.859 e. The van der Waals surface area contributed by atoms with Gasteiger partial charge in [-0.2, -0.15) is 4.57 Å². The second-order valence-electron chi connectivity index (χ2n) is 6.96. The van der Waals surface area contributed by atoms with E-state index >= 15 is 0 Å². The van der Waals surface area contributed by atoms with Crippen LogP contribution in [0.1, 0.15) is 22.0 Å². The Labute approximate surface area is 167 Å². The van der Waals surface area contributed by atoms with Gasteiger partial charge in [0.25, 0.3) is 11.6 Å². The van der Waals surface area contributed by atoms with Crippen LogP contribution in [0, 0.1) is 0 Å². The van der Waals surface area contributed by atoms with Crippen LogP contribution >= 0.6 is 0 Å². The summed E-state index contributed by atoms with van der Waals surface area (Å²) >= 11 is 0. The van der Waals surface area contributed by atoms with Crippen LogP contribution < -0.4 is 25.8 Å². The first-order chi connectivity index (χ1) is 13.7. The van der Waals surface area contributed by atoms with Crippen LogP contribution in [0.25, 0.3) is 0 Å². The summed E-state index contributed by atoms with van der Waals surface area (Å²) in [4.78, 5) is 40.2. The number of carbonyl (C=O) groups is 1. The van der Waals surface area contributed by atoms with Crippen molar-refractivity contribution < 1.29 is 14.5 Å². The van der Waals surface area contributed by atoms with Gasteiger partial charge in [0.15, 0.2) is 12.4 Å². The van der Waals surface area contributed by atoms with E-state index in [9.17, 15) is 19.5 Å². The number of pyridine rings is 1. The number of Topliss-reactive ketones (excluding diaryl/α,β-unsaturated/α-hetero) is 1. The fraction of sp³-hybridized carbons (Fsp3) is 0.238. The Morgan fingerprint density at radius 1 is 1.00 bits per heavy atom. The molecule has 0 N–H and O–H groups in total. The molecule has 0 spiro atoms. The van der Waals surface area contributed by atoms with Gasteiger partial charge < -0.3 is 14.6 Å². The summed E-state index contributed by atoms with van der Waals surface area (Å²) in [6, 6.07) is 10.8. The Hall–Kier alpha value is -3.68. The van der Waals surface area contributed by atoms with E-state index in [0.717, 1.165) is 14.8 Å². The van der Waals surface area contributed by atoms with Crippen molar-refractivity contribution in [3.8, 4) is 5.88 Å². The molecule has 8 nitrogen and oxygen atoms in total. The van der Waals surface area contributed by atoms with Crippen molar-refractivity contribution in [2.75, 3.05) is 19.0 Å². The van der Waals surface area contributed by atoms with E-state index in [2.05, 4.69) is 0 Å².